The van der Waals surface area contributed by atoms with E-state index in [9.17, 15) is 28.8 Å². The highest BCUT2D eigenvalue weighted by Crippen LogP contribution is 2.48. The van der Waals surface area contributed by atoms with Crippen molar-refractivity contribution in [3.8, 4) is 0 Å². The monoisotopic (exact) mass is 1070 g/mol. The average molecular weight is 1070 g/mol. The fourth-order valence-electron chi connectivity index (χ4n) is 8.41. The molecule has 6 amide bonds. The highest BCUT2D eigenvalue weighted by Gasteiger charge is 2.51. The van der Waals surface area contributed by atoms with Crippen molar-refractivity contribution in [3.63, 3.8) is 0 Å². The van der Waals surface area contributed by atoms with E-state index in [1.165, 1.54) is 0 Å². The van der Waals surface area contributed by atoms with E-state index >= 15 is 0 Å². The van der Waals surface area contributed by atoms with Crippen LogP contribution in [-0.2, 0) is 28.8 Å². The minimum Gasteiger partial charge on any atom is -0.355 e. The lowest BCUT2D eigenvalue weighted by molar-refractivity contribution is -0.135. The maximum atomic E-state index is 13.3. The predicted octanol–water partition coefficient (Wildman–Crippen LogP) is -8.33. The van der Waals surface area contributed by atoms with Gasteiger partial charge in [-0.1, -0.05) is 12.2 Å². The van der Waals surface area contributed by atoms with Gasteiger partial charge in [-0.3, -0.25) is 28.8 Å². The number of hydrogen-bond acceptors (Lipinski definition) is 20. The van der Waals surface area contributed by atoms with Crippen molar-refractivity contribution in [1.82, 2.24) is 95.7 Å². The Bertz CT molecular complexity index is 1420. The van der Waals surface area contributed by atoms with Gasteiger partial charge in [-0.2, -0.15) is 0 Å². The number of carbonyl (C=O) groups is 6. The van der Waals surface area contributed by atoms with E-state index in [0.29, 0.717) is 91.6 Å². The second-order valence-corrected chi connectivity index (χ2v) is 18.6. The van der Waals surface area contributed by atoms with Crippen molar-refractivity contribution in [1.29, 1.82) is 0 Å². The standard InChI is InChI=1S/C49H102N20O6/c50-7-9-52-11-13-54-15-21-58-27-33-64-42(70)3-5-44(72)66-35-29-60-23-17-56-19-25-62-31-37-68-48(74)46-40-1-2-41(39-40)47(46)49(75)69-38-32-63-26-20-57-18-24-61-30-36-67-45(73)6-4-43(71)65-34-28-59-22-16-55-14-12-53-10-8-51/h1-2,40-41,46-47,52-63H,3-39,50-51H2,(H,64,70)(H,65,71)(H,66,72)(H,67,73)(H,68,74)(H,69,75). The Morgan fingerprint density at radius 1 is 0.280 bits per heavy atom. The molecule has 0 saturated heterocycles. The Kier molecular flexibility index (Phi) is 43.3. The van der Waals surface area contributed by atoms with Crippen LogP contribution in [0.1, 0.15) is 32.1 Å². The van der Waals surface area contributed by atoms with E-state index in [1.807, 2.05) is 0 Å². The Morgan fingerprint density at radius 2 is 0.467 bits per heavy atom. The minimum absolute atomic E-state index is 0.0647. The normalized spacial score (nSPS) is 16.5. The number of amides is 6. The molecule has 2 bridgehead atoms. The van der Waals surface area contributed by atoms with Crippen molar-refractivity contribution in [2.24, 2.45) is 35.1 Å². The number of fused-ring (bicyclic) bond motifs is 2. The summed E-state index contributed by atoms with van der Waals surface area (Å²) < 4.78 is 0. The Balaban J connectivity index is 1.34. The van der Waals surface area contributed by atoms with Gasteiger partial charge in [0.05, 0.1) is 11.8 Å². The molecule has 434 valence electrons. The van der Waals surface area contributed by atoms with E-state index in [-0.39, 0.29) is 84.8 Å². The summed E-state index contributed by atoms with van der Waals surface area (Å²) in [4.78, 5) is 74.8. The predicted molar refractivity (Wildman–Crippen MR) is 297 cm³/mol. The summed E-state index contributed by atoms with van der Waals surface area (Å²) in [5.41, 5.74) is 10.9. The molecular weight excluding hydrogens is 965 g/mol. The van der Waals surface area contributed by atoms with E-state index in [2.05, 4.69) is 108 Å². The molecule has 1 fully saturated rings. The molecule has 0 aromatic carbocycles. The minimum atomic E-state index is -0.358. The molecule has 4 atom stereocenters. The first kappa shape index (κ1) is 67.1. The molecule has 0 heterocycles. The van der Waals surface area contributed by atoms with E-state index < -0.39 is 0 Å². The number of hydrogen-bond donors (Lipinski definition) is 20. The number of nitrogens with two attached hydrogens (primary N) is 2. The zero-order valence-corrected chi connectivity index (χ0v) is 45.2. The summed E-state index contributed by atoms with van der Waals surface area (Å²) in [6.07, 6.45) is 5.65. The first-order valence-electron chi connectivity index (χ1n) is 28.0. The third kappa shape index (κ3) is 37.4. The Hall–Kier alpha value is -4.00. The van der Waals surface area contributed by atoms with Crippen LogP contribution in [0.3, 0.4) is 0 Å². The molecular formula is C49H102N20O6. The fourth-order valence-corrected chi connectivity index (χ4v) is 8.41. The van der Waals surface area contributed by atoms with Crippen LogP contribution in [0.2, 0.25) is 0 Å². The summed E-state index contributed by atoms with van der Waals surface area (Å²) in [7, 11) is 0. The van der Waals surface area contributed by atoms with Crippen LogP contribution in [0.25, 0.3) is 0 Å². The summed E-state index contributed by atoms with van der Waals surface area (Å²) in [6.45, 7) is 22.6. The first-order chi connectivity index (χ1) is 36.8. The molecule has 75 heavy (non-hydrogen) atoms. The maximum absolute atomic E-state index is 13.3. The van der Waals surface area contributed by atoms with Gasteiger partial charge in [0.15, 0.2) is 0 Å². The molecule has 0 radical (unpaired) electrons. The highest BCUT2D eigenvalue weighted by atomic mass is 16.2. The van der Waals surface area contributed by atoms with Gasteiger partial charge >= 0.3 is 0 Å². The second-order valence-electron chi connectivity index (χ2n) is 18.6. The molecule has 2 rings (SSSR count). The third-order valence-electron chi connectivity index (χ3n) is 12.4. The summed E-state index contributed by atoms with van der Waals surface area (Å²) in [5.74, 6) is -1.22. The number of carbonyl (C=O) groups excluding carboxylic acids is 6. The van der Waals surface area contributed by atoms with Crippen molar-refractivity contribution in [2.45, 2.75) is 32.1 Å². The SMILES string of the molecule is NCCNCCNCCNCCNC(=O)CCC(=O)NCCNCCNCCNCCNC(=O)C1C2C=CC(C2)C1C(=O)NCCNCCNCCNCCNC(=O)CCC(=O)NCCNCCNCCNCCN. The smallest absolute Gasteiger partial charge is 0.224 e. The quantitative estimate of drug-likeness (QED) is 0.0199. The van der Waals surface area contributed by atoms with Crippen LogP contribution in [0.5, 0.6) is 0 Å². The molecule has 2 aliphatic rings. The van der Waals surface area contributed by atoms with Crippen LogP contribution in [-0.4, -0.2) is 245 Å². The lowest BCUT2D eigenvalue weighted by atomic mass is 9.81. The van der Waals surface area contributed by atoms with Gasteiger partial charge < -0.3 is 107 Å². The molecule has 0 aliphatic heterocycles. The van der Waals surface area contributed by atoms with Crippen molar-refractivity contribution >= 4 is 35.4 Å². The maximum Gasteiger partial charge on any atom is 0.224 e. The fraction of sp³-hybridized carbons (Fsp3) is 0.837. The van der Waals surface area contributed by atoms with Crippen molar-refractivity contribution in [3.05, 3.63) is 12.2 Å². The zero-order valence-electron chi connectivity index (χ0n) is 45.2. The number of rotatable bonds is 54. The van der Waals surface area contributed by atoms with E-state index in [1.54, 1.807) is 0 Å². The largest absolute Gasteiger partial charge is 0.355 e. The highest BCUT2D eigenvalue weighted by molar-refractivity contribution is 5.90. The van der Waals surface area contributed by atoms with Gasteiger partial charge in [-0.15, -0.1) is 0 Å². The van der Waals surface area contributed by atoms with Gasteiger partial charge in [-0.25, -0.2) is 0 Å². The van der Waals surface area contributed by atoms with E-state index in [4.69, 9.17) is 11.5 Å². The second kappa shape index (κ2) is 48.4. The number of nitrogens with one attached hydrogen (secondary N) is 18. The van der Waals surface area contributed by atoms with E-state index in [0.717, 1.165) is 124 Å². The van der Waals surface area contributed by atoms with Crippen LogP contribution in [0.15, 0.2) is 12.2 Å². The van der Waals surface area contributed by atoms with Gasteiger partial charge in [0.2, 0.25) is 35.4 Å². The van der Waals surface area contributed by atoms with Gasteiger partial charge in [0, 0.05) is 235 Å². The lowest BCUT2D eigenvalue weighted by Crippen LogP contribution is -2.46. The number of allylic oxidation sites excluding steroid dienone is 2. The molecule has 26 heteroatoms. The van der Waals surface area contributed by atoms with Crippen molar-refractivity contribution in [2.75, 3.05) is 209 Å². The van der Waals surface area contributed by atoms with Crippen molar-refractivity contribution < 1.29 is 28.8 Å². The molecule has 26 nitrogen and oxygen atoms in total. The lowest BCUT2D eigenvalue weighted by Gasteiger charge is -2.26. The van der Waals surface area contributed by atoms with Gasteiger partial charge in [0.25, 0.3) is 0 Å². The molecule has 0 aromatic heterocycles. The summed E-state index contributed by atoms with van der Waals surface area (Å²) in [6, 6.07) is 0. The Labute approximate surface area is 447 Å². The van der Waals surface area contributed by atoms with Crippen LogP contribution in [0, 0.1) is 23.7 Å². The molecule has 2 aliphatic carbocycles. The molecule has 0 aromatic rings. The summed E-state index contributed by atoms with van der Waals surface area (Å²) in [5, 5.41) is 57.0. The van der Waals surface area contributed by atoms with Gasteiger partial charge in [-0.05, 0) is 18.3 Å². The molecule has 4 unspecified atom stereocenters. The Morgan fingerprint density at radius 3 is 0.680 bits per heavy atom. The van der Waals surface area contributed by atoms with Crippen LogP contribution < -0.4 is 107 Å². The average Bonchev–Trinajstić information content (AvgIpc) is 4.04. The van der Waals surface area contributed by atoms with Crippen LogP contribution >= 0.6 is 0 Å². The topological polar surface area (TPSA) is 371 Å². The van der Waals surface area contributed by atoms with Gasteiger partial charge in [0.1, 0.15) is 0 Å². The first-order valence-corrected chi connectivity index (χ1v) is 28.0. The third-order valence-corrected chi connectivity index (χ3v) is 12.4. The molecule has 0 spiro atoms. The molecule has 1 saturated carbocycles. The summed E-state index contributed by atoms with van der Waals surface area (Å²) >= 11 is 0. The van der Waals surface area contributed by atoms with Crippen LogP contribution in [0.4, 0.5) is 0 Å². The molecule has 22 N–H and O–H groups in total. The zero-order chi connectivity index (χ0) is 54.1.